The van der Waals surface area contributed by atoms with Crippen molar-refractivity contribution < 1.29 is 13.2 Å². The molecule has 1 saturated carbocycles. The molecule has 1 aromatic carbocycles. The highest BCUT2D eigenvalue weighted by Gasteiger charge is 2.31. The summed E-state index contributed by atoms with van der Waals surface area (Å²) in [6.07, 6.45) is 2.74. The van der Waals surface area contributed by atoms with Gasteiger partial charge in [0.15, 0.2) is 0 Å². The maximum Gasteiger partial charge on any atom is 0.240 e. The number of hydrogen-bond donors (Lipinski definition) is 2. The third kappa shape index (κ3) is 2.61. The van der Waals surface area contributed by atoms with Crippen LogP contribution in [0, 0.1) is 0 Å². The molecule has 0 radical (unpaired) electrons. The monoisotopic (exact) mass is 296 g/mol. The van der Waals surface area contributed by atoms with Gasteiger partial charge in [0.1, 0.15) is 0 Å². The summed E-state index contributed by atoms with van der Waals surface area (Å²) in [6.45, 7) is 1.56. The third-order valence-electron chi connectivity index (χ3n) is 4.18. The van der Waals surface area contributed by atoms with Crippen molar-refractivity contribution in [1.29, 1.82) is 0 Å². The molecule has 20 heavy (non-hydrogen) atoms. The Morgan fingerprint density at radius 1 is 1.25 bits per heavy atom. The Bertz CT molecular complexity index is 600. The number of fused-ring (bicyclic) bond motifs is 1. The maximum absolute atomic E-state index is 12.5. The van der Waals surface area contributed by atoms with Crippen LogP contribution in [0.25, 0.3) is 0 Å². The van der Waals surface area contributed by atoms with E-state index in [0.717, 1.165) is 37.9 Å². The van der Waals surface area contributed by atoms with E-state index in [1.165, 1.54) is 5.56 Å². The van der Waals surface area contributed by atoms with Crippen molar-refractivity contribution in [2.75, 3.05) is 7.11 Å². The first kappa shape index (κ1) is 14.0. The number of nitrogens with one attached hydrogen (secondary N) is 2. The van der Waals surface area contributed by atoms with Crippen LogP contribution in [0.3, 0.4) is 0 Å². The maximum atomic E-state index is 12.5. The summed E-state index contributed by atoms with van der Waals surface area (Å²) in [7, 11) is -1.83. The molecular weight excluding hydrogens is 276 g/mol. The third-order valence-corrected chi connectivity index (χ3v) is 5.67. The largest absolute Gasteiger partial charge is 0.380 e. The number of rotatable bonds is 4. The molecule has 6 heteroatoms. The van der Waals surface area contributed by atoms with E-state index in [9.17, 15) is 8.42 Å². The fourth-order valence-electron chi connectivity index (χ4n) is 3.05. The second-order valence-electron chi connectivity index (χ2n) is 5.47. The van der Waals surface area contributed by atoms with Crippen molar-refractivity contribution in [1.82, 2.24) is 10.0 Å². The zero-order valence-corrected chi connectivity index (χ0v) is 12.4. The molecule has 0 bridgehead atoms. The summed E-state index contributed by atoms with van der Waals surface area (Å²) in [4.78, 5) is 0.349. The topological polar surface area (TPSA) is 67.4 Å². The van der Waals surface area contributed by atoms with Crippen molar-refractivity contribution in [3.8, 4) is 0 Å². The molecule has 1 fully saturated rings. The molecule has 5 nitrogen and oxygen atoms in total. The molecule has 1 heterocycles. The van der Waals surface area contributed by atoms with Gasteiger partial charge in [-0.3, -0.25) is 0 Å². The molecule has 110 valence electrons. The summed E-state index contributed by atoms with van der Waals surface area (Å²) >= 11 is 0. The first-order valence-corrected chi connectivity index (χ1v) is 8.46. The SMILES string of the molecule is COC1CCCC1NS(=O)(=O)c1ccc2c(c1)CNC2. The van der Waals surface area contributed by atoms with Crippen molar-refractivity contribution in [2.24, 2.45) is 0 Å². The summed E-state index contributed by atoms with van der Waals surface area (Å²) in [5, 5.41) is 3.22. The zero-order chi connectivity index (χ0) is 14.2. The van der Waals surface area contributed by atoms with E-state index >= 15 is 0 Å². The van der Waals surface area contributed by atoms with E-state index in [0.29, 0.717) is 4.90 Å². The molecule has 1 aliphatic heterocycles. The van der Waals surface area contributed by atoms with Gasteiger partial charge in [0.05, 0.1) is 11.0 Å². The van der Waals surface area contributed by atoms with Crippen molar-refractivity contribution in [3.05, 3.63) is 29.3 Å². The molecule has 2 unspecified atom stereocenters. The normalized spacial score (nSPS) is 25.9. The van der Waals surface area contributed by atoms with Crippen LogP contribution in [0.15, 0.2) is 23.1 Å². The Hall–Kier alpha value is -0.950. The van der Waals surface area contributed by atoms with Crippen LogP contribution in [0.4, 0.5) is 0 Å². The van der Waals surface area contributed by atoms with E-state index in [1.807, 2.05) is 6.07 Å². The fourth-order valence-corrected chi connectivity index (χ4v) is 4.40. The van der Waals surface area contributed by atoms with E-state index in [1.54, 1.807) is 19.2 Å². The summed E-state index contributed by atoms with van der Waals surface area (Å²) < 4.78 is 33.1. The van der Waals surface area contributed by atoms with Gasteiger partial charge < -0.3 is 10.1 Å². The van der Waals surface area contributed by atoms with E-state index in [-0.39, 0.29) is 12.1 Å². The molecule has 1 aromatic rings. The van der Waals surface area contributed by atoms with Gasteiger partial charge in [-0.1, -0.05) is 6.07 Å². The van der Waals surface area contributed by atoms with Gasteiger partial charge in [-0.15, -0.1) is 0 Å². The van der Waals surface area contributed by atoms with Crippen molar-refractivity contribution in [2.45, 2.75) is 49.4 Å². The highest BCUT2D eigenvalue weighted by Crippen LogP contribution is 2.25. The van der Waals surface area contributed by atoms with Gasteiger partial charge in [0.25, 0.3) is 0 Å². The first-order chi connectivity index (χ1) is 9.60. The quantitative estimate of drug-likeness (QED) is 0.874. The molecule has 1 aliphatic carbocycles. The van der Waals surface area contributed by atoms with Crippen LogP contribution < -0.4 is 10.0 Å². The van der Waals surface area contributed by atoms with E-state index in [2.05, 4.69) is 10.0 Å². The van der Waals surface area contributed by atoms with Gasteiger partial charge in [-0.2, -0.15) is 0 Å². The lowest BCUT2D eigenvalue weighted by atomic mass is 10.1. The van der Waals surface area contributed by atoms with Crippen LogP contribution in [0.5, 0.6) is 0 Å². The Morgan fingerprint density at radius 3 is 2.85 bits per heavy atom. The minimum Gasteiger partial charge on any atom is -0.380 e. The minimum absolute atomic E-state index is 0.0131. The average Bonchev–Trinajstić information content (AvgIpc) is 3.05. The number of sulfonamides is 1. The molecule has 2 atom stereocenters. The van der Waals surface area contributed by atoms with Crippen LogP contribution >= 0.6 is 0 Å². The minimum atomic E-state index is -3.47. The second-order valence-corrected chi connectivity index (χ2v) is 7.18. The number of methoxy groups -OCH3 is 1. The lowest BCUT2D eigenvalue weighted by molar-refractivity contribution is 0.0916. The van der Waals surface area contributed by atoms with Gasteiger partial charge in [-0.25, -0.2) is 13.1 Å². The van der Waals surface area contributed by atoms with E-state index in [4.69, 9.17) is 4.74 Å². The van der Waals surface area contributed by atoms with Crippen molar-refractivity contribution in [3.63, 3.8) is 0 Å². The molecular formula is C14H20N2O3S. The second kappa shape index (κ2) is 5.44. The predicted molar refractivity (Wildman–Crippen MR) is 75.7 cm³/mol. The lowest BCUT2D eigenvalue weighted by Crippen LogP contribution is -2.40. The van der Waals surface area contributed by atoms with Crippen LogP contribution in [0.1, 0.15) is 30.4 Å². The molecule has 2 aliphatic rings. The van der Waals surface area contributed by atoms with Crippen LogP contribution in [0.2, 0.25) is 0 Å². The van der Waals surface area contributed by atoms with Gasteiger partial charge in [-0.05, 0) is 42.5 Å². The predicted octanol–water partition coefficient (Wildman–Crippen LogP) is 1.14. The molecule has 3 rings (SSSR count). The summed E-state index contributed by atoms with van der Waals surface area (Å²) in [5.74, 6) is 0. The summed E-state index contributed by atoms with van der Waals surface area (Å²) in [6, 6.07) is 5.24. The number of hydrogen-bond acceptors (Lipinski definition) is 4. The molecule has 0 amide bonds. The summed E-state index contributed by atoms with van der Waals surface area (Å²) in [5.41, 5.74) is 2.25. The van der Waals surface area contributed by atoms with Crippen LogP contribution in [-0.4, -0.2) is 27.7 Å². The van der Waals surface area contributed by atoms with Gasteiger partial charge >= 0.3 is 0 Å². The Labute approximate surface area is 119 Å². The molecule has 0 saturated heterocycles. The average molecular weight is 296 g/mol. The Balaban J connectivity index is 1.81. The molecule has 2 N–H and O–H groups in total. The molecule has 0 aromatic heterocycles. The highest BCUT2D eigenvalue weighted by molar-refractivity contribution is 7.89. The van der Waals surface area contributed by atoms with E-state index < -0.39 is 10.0 Å². The number of benzene rings is 1. The Kier molecular flexibility index (Phi) is 3.81. The lowest BCUT2D eigenvalue weighted by Gasteiger charge is -2.19. The van der Waals surface area contributed by atoms with Gasteiger partial charge in [0, 0.05) is 26.2 Å². The fraction of sp³-hybridized carbons (Fsp3) is 0.571. The highest BCUT2D eigenvalue weighted by atomic mass is 32.2. The van der Waals surface area contributed by atoms with Crippen molar-refractivity contribution >= 4 is 10.0 Å². The number of ether oxygens (including phenoxy) is 1. The van der Waals surface area contributed by atoms with Gasteiger partial charge in [0.2, 0.25) is 10.0 Å². The standard InChI is InChI=1S/C14H20N2O3S/c1-19-14-4-2-3-13(14)16-20(17,18)12-6-5-10-8-15-9-11(10)7-12/h5-7,13-16H,2-4,8-9H2,1H3. The van der Waals surface area contributed by atoms with Crippen LogP contribution in [-0.2, 0) is 27.8 Å². The Morgan fingerprint density at radius 2 is 2.05 bits per heavy atom. The molecule has 0 spiro atoms. The smallest absolute Gasteiger partial charge is 0.240 e. The first-order valence-electron chi connectivity index (χ1n) is 6.98. The zero-order valence-electron chi connectivity index (χ0n) is 11.6.